The standard InChI is InChI=1S/C16H16BrN3O2/c1-18-16(22)11-3-2-4-14(9-11)19-10-15(21)20-13-7-5-12(17)6-8-13/h2-9,19H,10H2,1H3,(H,18,22)(H,20,21). The lowest BCUT2D eigenvalue weighted by molar-refractivity contribution is -0.114. The van der Waals surface area contributed by atoms with Crippen molar-refractivity contribution in [3.05, 3.63) is 58.6 Å². The highest BCUT2D eigenvalue weighted by Crippen LogP contribution is 2.14. The smallest absolute Gasteiger partial charge is 0.251 e. The minimum atomic E-state index is -0.164. The third-order valence-corrected chi connectivity index (χ3v) is 3.46. The summed E-state index contributed by atoms with van der Waals surface area (Å²) in [6, 6.07) is 14.3. The number of anilines is 2. The molecule has 0 unspecified atom stereocenters. The van der Waals surface area contributed by atoms with Crippen molar-refractivity contribution >= 4 is 39.1 Å². The molecule has 6 heteroatoms. The fourth-order valence-electron chi connectivity index (χ4n) is 1.84. The Balaban J connectivity index is 1.91. The summed E-state index contributed by atoms with van der Waals surface area (Å²) in [4.78, 5) is 23.4. The SMILES string of the molecule is CNC(=O)c1cccc(NCC(=O)Nc2ccc(Br)cc2)c1. The zero-order chi connectivity index (χ0) is 15.9. The molecule has 0 aliphatic rings. The van der Waals surface area contributed by atoms with Gasteiger partial charge in [0.15, 0.2) is 0 Å². The largest absolute Gasteiger partial charge is 0.376 e. The van der Waals surface area contributed by atoms with Crippen molar-refractivity contribution in [2.45, 2.75) is 0 Å². The zero-order valence-corrected chi connectivity index (χ0v) is 13.6. The van der Waals surface area contributed by atoms with Crippen molar-refractivity contribution in [1.29, 1.82) is 0 Å². The van der Waals surface area contributed by atoms with Gasteiger partial charge in [0.2, 0.25) is 5.91 Å². The van der Waals surface area contributed by atoms with E-state index in [1.54, 1.807) is 31.3 Å². The van der Waals surface area contributed by atoms with E-state index in [1.165, 1.54) is 0 Å². The molecule has 2 amide bonds. The summed E-state index contributed by atoms with van der Waals surface area (Å²) in [7, 11) is 1.58. The van der Waals surface area contributed by atoms with Crippen LogP contribution in [-0.2, 0) is 4.79 Å². The average Bonchev–Trinajstić information content (AvgIpc) is 2.54. The Morgan fingerprint density at radius 3 is 2.45 bits per heavy atom. The Bertz CT molecular complexity index is 671. The van der Waals surface area contributed by atoms with Gasteiger partial charge in [0, 0.05) is 28.5 Å². The van der Waals surface area contributed by atoms with Gasteiger partial charge in [0.1, 0.15) is 0 Å². The maximum atomic E-state index is 11.9. The second-order valence-electron chi connectivity index (χ2n) is 4.57. The zero-order valence-electron chi connectivity index (χ0n) is 12.0. The molecule has 22 heavy (non-hydrogen) atoms. The van der Waals surface area contributed by atoms with Gasteiger partial charge >= 0.3 is 0 Å². The first-order chi connectivity index (χ1) is 10.6. The van der Waals surface area contributed by atoms with Gasteiger partial charge in [-0.15, -0.1) is 0 Å². The van der Waals surface area contributed by atoms with E-state index < -0.39 is 0 Å². The van der Waals surface area contributed by atoms with Crippen molar-refractivity contribution in [2.24, 2.45) is 0 Å². The first-order valence-corrected chi connectivity index (χ1v) is 7.49. The normalized spacial score (nSPS) is 9.91. The summed E-state index contributed by atoms with van der Waals surface area (Å²) in [6.45, 7) is 0.118. The number of carbonyl (C=O) groups excluding carboxylic acids is 2. The van der Waals surface area contributed by atoms with Crippen LogP contribution in [0, 0.1) is 0 Å². The van der Waals surface area contributed by atoms with Crippen molar-refractivity contribution in [1.82, 2.24) is 5.32 Å². The van der Waals surface area contributed by atoms with Crippen LogP contribution >= 0.6 is 15.9 Å². The van der Waals surface area contributed by atoms with E-state index in [0.717, 1.165) is 10.2 Å². The number of carbonyl (C=O) groups is 2. The minimum Gasteiger partial charge on any atom is -0.376 e. The number of nitrogens with one attached hydrogen (secondary N) is 3. The van der Waals surface area contributed by atoms with Gasteiger partial charge < -0.3 is 16.0 Å². The highest BCUT2D eigenvalue weighted by atomic mass is 79.9. The lowest BCUT2D eigenvalue weighted by Crippen LogP contribution is -2.22. The van der Waals surface area contributed by atoms with E-state index in [0.29, 0.717) is 11.3 Å². The maximum absolute atomic E-state index is 11.9. The molecule has 2 rings (SSSR count). The minimum absolute atomic E-state index is 0.118. The van der Waals surface area contributed by atoms with Crippen LogP contribution in [0.1, 0.15) is 10.4 Å². The van der Waals surface area contributed by atoms with Gasteiger partial charge in [-0.05, 0) is 42.5 Å². The van der Waals surface area contributed by atoms with Gasteiger partial charge in [0.25, 0.3) is 5.91 Å². The van der Waals surface area contributed by atoms with Crippen molar-refractivity contribution in [3.63, 3.8) is 0 Å². The van der Waals surface area contributed by atoms with Gasteiger partial charge in [-0.2, -0.15) is 0 Å². The first-order valence-electron chi connectivity index (χ1n) is 6.70. The molecule has 0 aromatic heterocycles. The first kappa shape index (κ1) is 16.0. The van der Waals surface area contributed by atoms with E-state index in [9.17, 15) is 9.59 Å². The molecule has 2 aromatic rings. The van der Waals surface area contributed by atoms with Crippen LogP contribution < -0.4 is 16.0 Å². The van der Waals surface area contributed by atoms with Gasteiger partial charge in [-0.3, -0.25) is 9.59 Å². The van der Waals surface area contributed by atoms with E-state index in [-0.39, 0.29) is 18.4 Å². The molecule has 0 saturated carbocycles. The maximum Gasteiger partial charge on any atom is 0.251 e. The second-order valence-corrected chi connectivity index (χ2v) is 5.48. The summed E-state index contributed by atoms with van der Waals surface area (Å²) in [6.07, 6.45) is 0. The summed E-state index contributed by atoms with van der Waals surface area (Å²) >= 11 is 3.34. The van der Waals surface area contributed by atoms with Crippen LogP contribution in [0.25, 0.3) is 0 Å². The lowest BCUT2D eigenvalue weighted by atomic mass is 10.2. The van der Waals surface area contributed by atoms with Gasteiger partial charge in [-0.25, -0.2) is 0 Å². The Kier molecular flexibility index (Phi) is 5.55. The predicted octanol–water partition coefficient (Wildman–Crippen LogP) is 2.86. The summed E-state index contributed by atoms with van der Waals surface area (Å²) in [5, 5.41) is 8.34. The molecule has 114 valence electrons. The third-order valence-electron chi connectivity index (χ3n) is 2.93. The molecular formula is C16H16BrN3O2. The van der Waals surface area contributed by atoms with Crippen molar-refractivity contribution in [2.75, 3.05) is 24.2 Å². The van der Waals surface area contributed by atoms with E-state index in [2.05, 4.69) is 31.9 Å². The molecule has 0 aliphatic carbocycles. The van der Waals surface area contributed by atoms with E-state index >= 15 is 0 Å². The van der Waals surface area contributed by atoms with Crippen LogP contribution in [0.15, 0.2) is 53.0 Å². The molecule has 0 saturated heterocycles. The van der Waals surface area contributed by atoms with E-state index in [1.807, 2.05) is 24.3 Å². The van der Waals surface area contributed by atoms with Crippen LogP contribution in [-0.4, -0.2) is 25.4 Å². The van der Waals surface area contributed by atoms with Crippen LogP contribution in [0.2, 0.25) is 0 Å². The van der Waals surface area contributed by atoms with Crippen molar-refractivity contribution < 1.29 is 9.59 Å². The highest BCUT2D eigenvalue weighted by molar-refractivity contribution is 9.10. The second kappa shape index (κ2) is 7.61. The Morgan fingerprint density at radius 2 is 1.77 bits per heavy atom. The molecule has 0 atom stereocenters. The Labute approximate surface area is 137 Å². The van der Waals surface area contributed by atoms with Crippen LogP contribution in [0.3, 0.4) is 0 Å². The topological polar surface area (TPSA) is 70.2 Å². The predicted molar refractivity (Wildman–Crippen MR) is 91.1 cm³/mol. The van der Waals surface area contributed by atoms with Crippen molar-refractivity contribution in [3.8, 4) is 0 Å². The quantitative estimate of drug-likeness (QED) is 0.766. The van der Waals surface area contributed by atoms with Gasteiger partial charge in [0.05, 0.1) is 6.54 Å². The number of amides is 2. The molecule has 0 spiro atoms. The average molecular weight is 362 g/mol. The number of hydrogen-bond acceptors (Lipinski definition) is 3. The molecule has 2 aromatic carbocycles. The highest BCUT2D eigenvalue weighted by Gasteiger charge is 2.05. The molecule has 5 nitrogen and oxygen atoms in total. The molecule has 3 N–H and O–H groups in total. The fraction of sp³-hybridized carbons (Fsp3) is 0.125. The summed E-state index contributed by atoms with van der Waals surface area (Å²) in [5.41, 5.74) is 1.99. The fourth-order valence-corrected chi connectivity index (χ4v) is 2.10. The molecule has 0 bridgehead atoms. The summed E-state index contributed by atoms with van der Waals surface area (Å²) < 4.78 is 0.953. The van der Waals surface area contributed by atoms with Crippen LogP contribution in [0.5, 0.6) is 0 Å². The molecule has 0 aliphatic heterocycles. The number of halogens is 1. The molecule has 0 heterocycles. The Morgan fingerprint density at radius 1 is 1.05 bits per heavy atom. The number of benzene rings is 2. The monoisotopic (exact) mass is 361 g/mol. The Hall–Kier alpha value is -2.34. The molecule has 0 fully saturated rings. The lowest BCUT2D eigenvalue weighted by Gasteiger charge is -2.09. The molecule has 0 radical (unpaired) electrons. The van der Waals surface area contributed by atoms with Crippen LogP contribution in [0.4, 0.5) is 11.4 Å². The van der Waals surface area contributed by atoms with Gasteiger partial charge in [-0.1, -0.05) is 22.0 Å². The number of rotatable bonds is 5. The number of hydrogen-bond donors (Lipinski definition) is 3. The third kappa shape index (κ3) is 4.60. The van der Waals surface area contributed by atoms with E-state index in [4.69, 9.17) is 0 Å². The summed E-state index contributed by atoms with van der Waals surface area (Å²) in [5.74, 6) is -0.323. The molecular weight excluding hydrogens is 346 g/mol.